The van der Waals surface area contributed by atoms with Crippen molar-refractivity contribution in [2.45, 2.75) is 0 Å². The molecule has 7 nitrogen and oxygen atoms in total. The highest BCUT2D eigenvalue weighted by Crippen LogP contribution is 2.21. The highest BCUT2D eigenvalue weighted by molar-refractivity contribution is 5.88. The molecule has 0 spiro atoms. The van der Waals surface area contributed by atoms with Gasteiger partial charge in [0.05, 0.1) is 5.56 Å². The van der Waals surface area contributed by atoms with Crippen LogP contribution in [0.3, 0.4) is 0 Å². The fourth-order valence-electron chi connectivity index (χ4n) is 2.33. The number of carboxylic acid groups (broad SMARTS) is 1. The molecule has 3 aromatic rings. The molecule has 3 N–H and O–H groups in total. The molecule has 0 aliphatic rings. The van der Waals surface area contributed by atoms with Gasteiger partial charge in [-0.3, -0.25) is 0 Å². The molecule has 0 fully saturated rings. The van der Waals surface area contributed by atoms with Gasteiger partial charge in [-0.25, -0.2) is 14.8 Å². The normalized spacial score (nSPS) is 10.2. The second-order valence-corrected chi connectivity index (χ2v) is 5.86. The standard InChI is InChI=1S/C19H19N5O2/c1-24(2)16-9-7-15(8-10-16)23-18-11-17(20-12-21-18)22-14-5-3-13(4-6-14)19(25)26/h3-12H,1-2H3,(H,25,26)(H2,20,21,22,23). The molecule has 0 atom stereocenters. The van der Waals surface area contributed by atoms with Crippen molar-refractivity contribution in [3.05, 3.63) is 66.5 Å². The van der Waals surface area contributed by atoms with Gasteiger partial charge in [0.25, 0.3) is 0 Å². The number of aromatic nitrogens is 2. The van der Waals surface area contributed by atoms with Gasteiger partial charge in [-0.05, 0) is 48.5 Å². The molecule has 132 valence electrons. The van der Waals surface area contributed by atoms with E-state index in [9.17, 15) is 4.79 Å². The Bertz CT molecular complexity index is 893. The highest BCUT2D eigenvalue weighted by Gasteiger charge is 2.04. The second-order valence-electron chi connectivity index (χ2n) is 5.86. The number of carbonyl (C=O) groups is 1. The van der Waals surface area contributed by atoms with Gasteiger partial charge in [0.1, 0.15) is 18.0 Å². The molecular weight excluding hydrogens is 330 g/mol. The first-order valence-corrected chi connectivity index (χ1v) is 7.98. The van der Waals surface area contributed by atoms with Crippen molar-refractivity contribution < 1.29 is 9.90 Å². The first-order chi connectivity index (χ1) is 12.5. The lowest BCUT2D eigenvalue weighted by molar-refractivity contribution is 0.0697. The van der Waals surface area contributed by atoms with Gasteiger partial charge in [-0.2, -0.15) is 0 Å². The SMILES string of the molecule is CN(C)c1ccc(Nc2cc(Nc3ccc(C(=O)O)cc3)ncn2)cc1. The van der Waals surface area contributed by atoms with E-state index in [1.165, 1.54) is 18.5 Å². The van der Waals surface area contributed by atoms with Crippen LogP contribution in [0.2, 0.25) is 0 Å². The van der Waals surface area contributed by atoms with E-state index in [1.54, 1.807) is 18.2 Å². The molecule has 0 amide bonds. The highest BCUT2D eigenvalue weighted by atomic mass is 16.4. The fraction of sp³-hybridized carbons (Fsp3) is 0.105. The smallest absolute Gasteiger partial charge is 0.335 e. The molecule has 1 aromatic heterocycles. The molecule has 0 bridgehead atoms. The van der Waals surface area contributed by atoms with Crippen LogP contribution in [0.15, 0.2) is 60.9 Å². The molecule has 0 unspecified atom stereocenters. The van der Waals surface area contributed by atoms with Gasteiger partial charge >= 0.3 is 5.97 Å². The van der Waals surface area contributed by atoms with E-state index < -0.39 is 5.97 Å². The summed E-state index contributed by atoms with van der Waals surface area (Å²) in [6.07, 6.45) is 1.46. The zero-order chi connectivity index (χ0) is 18.5. The van der Waals surface area contributed by atoms with E-state index in [1.807, 2.05) is 43.3 Å². The number of carboxylic acids is 1. The maximum Gasteiger partial charge on any atom is 0.335 e. The first kappa shape index (κ1) is 17.2. The topological polar surface area (TPSA) is 90.4 Å². The molecule has 26 heavy (non-hydrogen) atoms. The van der Waals surface area contributed by atoms with Gasteiger partial charge in [0.15, 0.2) is 0 Å². The van der Waals surface area contributed by atoms with Crippen LogP contribution >= 0.6 is 0 Å². The number of anilines is 5. The Labute approximate surface area is 151 Å². The molecule has 1 heterocycles. The van der Waals surface area contributed by atoms with Crippen molar-refractivity contribution >= 4 is 34.7 Å². The van der Waals surface area contributed by atoms with Crippen LogP contribution in [0.5, 0.6) is 0 Å². The van der Waals surface area contributed by atoms with E-state index in [-0.39, 0.29) is 5.56 Å². The average molecular weight is 349 g/mol. The zero-order valence-electron chi connectivity index (χ0n) is 14.5. The number of aromatic carboxylic acids is 1. The summed E-state index contributed by atoms with van der Waals surface area (Å²) in [5.41, 5.74) is 3.02. The molecule has 0 radical (unpaired) electrons. The van der Waals surface area contributed by atoms with E-state index in [0.29, 0.717) is 11.6 Å². The monoisotopic (exact) mass is 349 g/mol. The summed E-state index contributed by atoms with van der Waals surface area (Å²) in [5, 5.41) is 15.3. The Kier molecular flexibility index (Phi) is 4.98. The van der Waals surface area contributed by atoms with Crippen molar-refractivity contribution in [1.82, 2.24) is 9.97 Å². The first-order valence-electron chi connectivity index (χ1n) is 7.98. The van der Waals surface area contributed by atoms with Crippen LogP contribution in [-0.2, 0) is 0 Å². The zero-order valence-corrected chi connectivity index (χ0v) is 14.5. The molecule has 0 aliphatic carbocycles. The Morgan fingerprint density at radius 3 is 1.85 bits per heavy atom. The minimum absolute atomic E-state index is 0.238. The summed E-state index contributed by atoms with van der Waals surface area (Å²) >= 11 is 0. The summed E-state index contributed by atoms with van der Waals surface area (Å²) in [4.78, 5) is 21.3. The summed E-state index contributed by atoms with van der Waals surface area (Å²) in [6, 6.07) is 16.3. The Hall–Kier alpha value is -3.61. The molecule has 0 saturated carbocycles. The van der Waals surface area contributed by atoms with Crippen LogP contribution in [0, 0.1) is 0 Å². The molecule has 2 aromatic carbocycles. The number of nitrogens with one attached hydrogen (secondary N) is 2. The molecule has 7 heteroatoms. The van der Waals surface area contributed by atoms with Gasteiger partial charge in [0.2, 0.25) is 0 Å². The Morgan fingerprint density at radius 2 is 1.38 bits per heavy atom. The summed E-state index contributed by atoms with van der Waals surface area (Å²) in [5.74, 6) is 0.308. The van der Waals surface area contributed by atoms with E-state index in [0.717, 1.165) is 17.1 Å². The largest absolute Gasteiger partial charge is 0.478 e. The lowest BCUT2D eigenvalue weighted by Crippen LogP contribution is -2.08. The van der Waals surface area contributed by atoms with E-state index in [4.69, 9.17) is 5.11 Å². The van der Waals surface area contributed by atoms with Crippen LogP contribution in [0.25, 0.3) is 0 Å². The van der Waals surface area contributed by atoms with Crippen molar-refractivity contribution in [3.8, 4) is 0 Å². The molecule has 3 rings (SSSR count). The van der Waals surface area contributed by atoms with Crippen molar-refractivity contribution in [1.29, 1.82) is 0 Å². The average Bonchev–Trinajstić information content (AvgIpc) is 2.63. The summed E-state index contributed by atoms with van der Waals surface area (Å²) in [7, 11) is 3.99. The lowest BCUT2D eigenvalue weighted by atomic mass is 10.2. The number of hydrogen-bond acceptors (Lipinski definition) is 6. The van der Waals surface area contributed by atoms with Gasteiger partial charge in [-0.15, -0.1) is 0 Å². The number of benzene rings is 2. The molecule has 0 aliphatic heterocycles. The van der Waals surface area contributed by atoms with Gasteiger partial charge in [-0.1, -0.05) is 0 Å². The molecule has 0 saturated heterocycles. The number of hydrogen-bond donors (Lipinski definition) is 3. The van der Waals surface area contributed by atoms with Gasteiger partial charge in [0, 0.05) is 37.2 Å². The lowest BCUT2D eigenvalue weighted by Gasteiger charge is -2.13. The predicted molar refractivity (Wildman–Crippen MR) is 103 cm³/mol. The molecular formula is C19H19N5O2. The summed E-state index contributed by atoms with van der Waals surface area (Å²) < 4.78 is 0. The number of nitrogens with zero attached hydrogens (tertiary/aromatic N) is 3. The summed E-state index contributed by atoms with van der Waals surface area (Å²) in [6.45, 7) is 0. The van der Waals surface area contributed by atoms with Crippen LogP contribution < -0.4 is 15.5 Å². The second kappa shape index (κ2) is 7.52. The predicted octanol–water partition coefficient (Wildman–Crippen LogP) is 3.73. The van der Waals surface area contributed by atoms with Crippen LogP contribution in [0.1, 0.15) is 10.4 Å². The van der Waals surface area contributed by atoms with E-state index >= 15 is 0 Å². The van der Waals surface area contributed by atoms with Crippen molar-refractivity contribution in [3.63, 3.8) is 0 Å². The third kappa shape index (κ3) is 4.27. The van der Waals surface area contributed by atoms with Gasteiger partial charge < -0.3 is 20.6 Å². The minimum Gasteiger partial charge on any atom is -0.478 e. The maximum absolute atomic E-state index is 10.9. The van der Waals surface area contributed by atoms with Crippen LogP contribution in [0.4, 0.5) is 28.7 Å². The third-order valence-corrected chi connectivity index (χ3v) is 3.73. The Morgan fingerprint density at radius 1 is 0.885 bits per heavy atom. The minimum atomic E-state index is -0.953. The van der Waals surface area contributed by atoms with Crippen LogP contribution in [-0.4, -0.2) is 35.1 Å². The fourth-order valence-corrected chi connectivity index (χ4v) is 2.33. The van der Waals surface area contributed by atoms with E-state index in [2.05, 4.69) is 20.6 Å². The van der Waals surface area contributed by atoms with Crippen molar-refractivity contribution in [2.75, 3.05) is 29.6 Å². The maximum atomic E-state index is 10.9. The third-order valence-electron chi connectivity index (χ3n) is 3.73. The Balaban J connectivity index is 1.70. The number of rotatable bonds is 6. The quantitative estimate of drug-likeness (QED) is 0.624. The van der Waals surface area contributed by atoms with Crippen molar-refractivity contribution in [2.24, 2.45) is 0 Å².